The molecule has 7 heteroatoms. The lowest BCUT2D eigenvalue weighted by atomic mass is 10.1. The molecule has 0 radical (unpaired) electrons. The van der Waals surface area contributed by atoms with Gasteiger partial charge in [0.2, 0.25) is 0 Å². The van der Waals surface area contributed by atoms with Crippen LogP contribution in [0.1, 0.15) is 37.1 Å². The van der Waals surface area contributed by atoms with Gasteiger partial charge in [0.1, 0.15) is 11.5 Å². The molecule has 2 N–H and O–H groups in total. The van der Waals surface area contributed by atoms with Gasteiger partial charge >= 0.3 is 0 Å². The van der Waals surface area contributed by atoms with Crippen molar-refractivity contribution >= 4 is 29.9 Å². The first-order valence-electron chi connectivity index (χ1n) is 10.2. The first kappa shape index (κ1) is 23.5. The van der Waals surface area contributed by atoms with Crippen LogP contribution in [0.15, 0.2) is 52.1 Å². The molecule has 2 aromatic rings. The number of nitrogens with one attached hydrogen (secondary N) is 2. The molecule has 160 valence electrons. The largest absolute Gasteiger partial charge is 0.497 e. The summed E-state index contributed by atoms with van der Waals surface area (Å²) in [6.45, 7) is 6.64. The fourth-order valence-electron chi connectivity index (χ4n) is 3.59. The number of aliphatic imine (C=N–C) groups is 1. The fourth-order valence-corrected chi connectivity index (χ4v) is 3.59. The lowest BCUT2D eigenvalue weighted by Crippen LogP contribution is -2.39. The van der Waals surface area contributed by atoms with Crippen LogP contribution in [0, 0.1) is 0 Å². The van der Waals surface area contributed by atoms with Crippen molar-refractivity contribution in [1.82, 2.24) is 15.5 Å². The van der Waals surface area contributed by atoms with Gasteiger partial charge in [-0.1, -0.05) is 12.1 Å². The Hall–Kier alpha value is -1.74. The molecule has 0 bridgehead atoms. The Morgan fingerprint density at radius 3 is 2.72 bits per heavy atom. The van der Waals surface area contributed by atoms with Crippen LogP contribution in [-0.4, -0.2) is 50.7 Å². The number of furan rings is 1. The van der Waals surface area contributed by atoms with Gasteiger partial charge in [-0.05, 0) is 69.1 Å². The number of hydrogen-bond donors (Lipinski definition) is 2. The number of ether oxygens (including phenoxy) is 1. The number of benzene rings is 1. The number of halogens is 1. The van der Waals surface area contributed by atoms with Crippen molar-refractivity contribution in [3.63, 3.8) is 0 Å². The second-order valence-electron chi connectivity index (χ2n) is 7.02. The van der Waals surface area contributed by atoms with Crippen molar-refractivity contribution in [3.05, 3.63) is 54.0 Å². The molecule has 1 aliphatic rings. The number of nitrogens with zero attached hydrogens (tertiary/aromatic N) is 2. The maximum Gasteiger partial charge on any atom is 0.191 e. The zero-order chi connectivity index (χ0) is 19.6. The Morgan fingerprint density at radius 1 is 1.21 bits per heavy atom. The average molecular weight is 512 g/mol. The molecule has 1 fully saturated rings. The molecule has 0 amide bonds. The predicted molar refractivity (Wildman–Crippen MR) is 128 cm³/mol. The molecule has 2 heterocycles. The Labute approximate surface area is 191 Å². The predicted octanol–water partition coefficient (Wildman–Crippen LogP) is 3.84. The maximum atomic E-state index is 5.70. The number of rotatable bonds is 9. The molecule has 6 nitrogen and oxygen atoms in total. The van der Waals surface area contributed by atoms with Gasteiger partial charge in [0, 0.05) is 13.1 Å². The van der Waals surface area contributed by atoms with Gasteiger partial charge in [0.15, 0.2) is 5.96 Å². The second-order valence-corrected chi connectivity index (χ2v) is 7.02. The van der Waals surface area contributed by atoms with E-state index in [4.69, 9.17) is 14.1 Å². The van der Waals surface area contributed by atoms with E-state index in [0.29, 0.717) is 6.54 Å². The maximum absolute atomic E-state index is 5.70. The molecule has 1 aromatic carbocycles. The fraction of sp³-hybridized carbons (Fsp3) is 0.500. The second kappa shape index (κ2) is 12.7. The topological polar surface area (TPSA) is 62.0 Å². The van der Waals surface area contributed by atoms with Crippen LogP contribution in [-0.2, 0) is 6.42 Å². The van der Waals surface area contributed by atoms with Crippen LogP contribution in [0.25, 0.3) is 0 Å². The lowest BCUT2D eigenvalue weighted by molar-refractivity contribution is 0.221. The van der Waals surface area contributed by atoms with E-state index < -0.39 is 0 Å². The van der Waals surface area contributed by atoms with E-state index in [1.165, 1.54) is 18.4 Å². The number of methoxy groups -OCH3 is 1. The summed E-state index contributed by atoms with van der Waals surface area (Å²) in [6.07, 6.45) is 5.16. The van der Waals surface area contributed by atoms with E-state index in [2.05, 4.69) is 40.7 Å². The number of guanidine groups is 1. The first-order valence-corrected chi connectivity index (χ1v) is 10.2. The van der Waals surface area contributed by atoms with Crippen LogP contribution in [0.3, 0.4) is 0 Å². The highest BCUT2D eigenvalue weighted by Gasteiger charge is 2.25. The summed E-state index contributed by atoms with van der Waals surface area (Å²) in [5.41, 5.74) is 1.24. The molecule has 0 saturated carbocycles. The number of likely N-dealkylation sites (tertiary alicyclic amines) is 1. The average Bonchev–Trinajstić information content (AvgIpc) is 3.43. The van der Waals surface area contributed by atoms with E-state index in [0.717, 1.165) is 50.1 Å². The molecule has 1 atom stereocenters. The van der Waals surface area contributed by atoms with Crippen molar-refractivity contribution in [2.24, 2.45) is 4.99 Å². The van der Waals surface area contributed by atoms with Crippen LogP contribution < -0.4 is 15.4 Å². The van der Waals surface area contributed by atoms with E-state index in [1.54, 1.807) is 13.4 Å². The molecule has 0 spiro atoms. The molecule has 29 heavy (non-hydrogen) atoms. The van der Waals surface area contributed by atoms with Crippen molar-refractivity contribution in [3.8, 4) is 5.75 Å². The van der Waals surface area contributed by atoms with Crippen LogP contribution in [0.2, 0.25) is 0 Å². The van der Waals surface area contributed by atoms with Gasteiger partial charge in [-0.25, -0.2) is 0 Å². The summed E-state index contributed by atoms with van der Waals surface area (Å²) in [6, 6.07) is 12.4. The third-order valence-corrected chi connectivity index (χ3v) is 5.06. The monoisotopic (exact) mass is 512 g/mol. The Morgan fingerprint density at radius 2 is 2.03 bits per heavy atom. The minimum atomic E-state index is 0. The highest BCUT2D eigenvalue weighted by Crippen LogP contribution is 2.25. The summed E-state index contributed by atoms with van der Waals surface area (Å²) in [7, 11) is 1.70. The third kappa shape index (κ3) is 7.22. The molecule has 1 aliphatic heterocycles. The minimum absolute atomic E-state index is 0. The SMILES string of the molecule is CCNC(=NCC(c1ccco1)N1CCCC1)NCCc1cccc(OC)c1.I. The standard InChI is InChI=1S/C22H32N4O2.HI/c1-3-23-22(24-12-11-18-8-6-9-19(16-18)27-2)25-17-20(21-10-7-15-28-21)26-13-4-5-14-26;/h6-10,15-16,20H,3-5,11-14,17H2,1-2H3,(H2,23,24,25);1H. The molecular weight excluding hydrogens is 479 g/mol. The van der Waals surface area contributed by atoms with Crippen LogP contribution >= 0.6 is 24.0 Å². The summed E-state index contributed by atoms with van der Waals surface area (Å²) in [5, 5.41) is 6.79. The molecule has 3 rings (SSSR count). The summed E-state index contributed by atoms with van der Waals surface area (Å²) < 4.78 is 11.0. The van der Waals surface area contributed by atoms with E-state index in [-0.39, 0.29) is 30.0 Å². The highest BCUT2D eigenvalue weighted by molar-refractivity contribution is 14.0. The highest BCUT2D eigenvalue weighted by atomic mass is 127. The molecule has 1 saturated heterocycles. The van der Waals surface area contributed by atoms with Gasteiger partial charge in [-0.15, -0.1) is 24.0 Å². The van der Waals surface area contributed by atoms with Gasteiger partial charge in [0.05, 0.1) is 26.0 Å². The zero-order valence-electron chi connectivity index (χ0n) is 17.4. The Balaban J connectivity index is 0.00000300. The van der Waals surface area contributed by atoms with Gasteiger partial charge in [-0.3, -0.25) is 9.89 Å². The minimum Gasteiger partial charge on any atom is -0.497 e. The zero-order valence-corrected chi connectivity index (χ0v) is 19.7. The Kier molecular flexibility index (Phi) is 10.3. The van der Waals surface area contributed by atoms with Crippen molar-refractivity contribution in [2.45, 2.75) is 32.2 Å². The van der Waals surface area contributed by atoms with Crippen LogP contribution in [0.5, 0.6) is 5.75 Å². The van der Waals surface area contributed by atoms with E-state index >= 15 is 0 Å². The quantitative estimate of drug-likeness (QED) is 0.304. The van der Waals surface area contributed by atoms with E-state index in [1.807, 2.05) is 18.2 Å². The summed E-state index contributed by atoms with van der Waals surface area (Å²) >= 11 is 0. The summed E-state index contributed by atoms with van der Waals surface area (Å²) in [4.78, 5) is 7.32. The van der Waals surface area contributed by atoms with Crippen molar-refractivity contribution in [2.75, 3.05) is 39.8 Å². The molecule has 0 aliphatic carbocycles. The summed E-state index contributed by atoms with van der Waals surface area (Å²) in [5.74, 6) is 2.74. The molecule has 1 unspecified atom stereocenters. The molecule has 1 aromatic heterocycles. The van der Waals surface area contributed by atoms with Crippen molar-refractivity contribution < 1.29 is 9.15 Å². The van der Waals surface area contributed by atoms with E-state index in [9.17, 15) is 0 Å². The van der Waals surface area contributed by atoms with Gasteiger partial charge < -0.3 is 19.8 Å². The third-order valence-electron chi connectivity index (χ3n) is 5.06. The van der Waals surface area contributed by atoms with Crippen LogP contribution in [0.4, 0.5) is 0 Å². The van der Waals surface area contributed by atoms with Gasteiger partial charge in [0.25, 0.3) is 0 Å². The Bertz CT molecular complexity index is 730. The normalized spacial score (nSPS) is 15.6. The first-order chi connectivity index (χ1) is 13.8. The van der Waals surface area contributed by atoms with Gasteiger partial charge in [-0.2, -0.15) is 0 Å². The smallest absolute Gasteiger partial charge is 0.191 e. The lowest BCUT2D eigenvalue weighted by Gasteiger charge is -2.24. The molecular formula is C22H33IN4O2. The van der Waals surface area contributed by atoms with Crippen molar-refractivity contribution in [1.29, 1.82) is 0 Å². The number of hydrogen-bond acceptors (Lipinski definition) is 4.